The molecule has 0 radical (unpaired) electrons. The minimum atomic E-state index is -0.376. The molecular weight excluding hydrogens is 537 g/mol. The number of aromatic nitrogens is 1. The van der Waals surface area contributed by atoms with Gasteiger partial charge in [0.1, 0.15) is 0 Å². The summed E-state index contributed by atoms with van der Waals surface area (Å²) in [6.07, 6.45) is 2.38. The Kier molecular flexibility index (Phi) is 5.26. The molecule has 2 amide bonds. The normalized spacial score (nSPS) is 32.3. The van der Waals surface area contributed by atoms with Crippen LogP contribution in [-0.4, -0.2) is 33.3 Å². The first-order valence-corrected chi connectivity index (χ1v) is 14.2. The number of nitrogens with zero attached hydrogens (tertiary/aromatic N) is 2. The highest BCUT2D eigenvalue weighted by molar-refractivity contribution is 8.00. The number of thiazole rings is 1. The van der Waals surface area contributed by atoms with Crippen LogP contribution < -0.4 is 4.87 Å². The molecule has 4 aliphatic rings. The molecule has 7 atom stereocenters. The second-order valence-corrected chi connectivity index (χ2v) is 12.9. The summed E-state index contributed by atoms with van der Waals surface area (Å²) in [6, 6.07) is 14.8. The van der Waals surface area contributed by atoms with Crippen LogP contribution in [0.25, 0.3) is 0 Å². The van der Waals surface area contributed by atoms with Crippen LogP contribution in [0.1, 0.15) is 28.3 Å². The second kappa shape index (κ2) is 8.31. The number of aromatic amines is 1. The lowest BCUT2D eigenvalue weighted by atomic mass is 9.68. The summed E-state index contributed by atoms with van der Waals surface area (Å²) < 4.78 is 0. The Bertz CT molecular complexity index is 1480. The van der Waals surface area contributed by atoms with Gasteiger partial charge in [0.05, 0.1) is 23.1 Å². The molecule has 1 N–H and O–H groups in total. The Balaban J connectivity index is 1.25. The van der Waals surface area contributed by atoms with Crippen LogP contribution in [0.2, 0.25) is 10.0 Å². The first-order chi connectivity index (χ1) is 17.4. The summed E-state index contributed by atoms with van der Waals surface area (Å²) in [5.41, 5.74) is 1.85. The number of hydrogen-bond acceptors (Lipinski definition) is 6. The molecule has 1 aromatic heterocycles. The SMILES string of the molecule is O=C1[C@H]2[C@@H]3C[C@@H]([C@@H]2C(=O)N1/N=C\c1ccc(Cl)cc1)[C@H]1[C@H](c2ccc(Cl)cc2)c2sc(=O)[nH]c2S[C@H]31. The Morgan fingerprint density at radius 1 is 0.917 bits per heavy atom. The van der Waals surface area contributed by atoms with Crippen molar-refractivity contribution in [1.82, 2.24) is 9.99 Å². The van der Waals surface area contributed by atoms with E-state index in [1.165, 1.54) is 17.6 Å². The van der Waals surface area contributed by atoms with E-state index >= 15 is 0 Å². The van der Waals surface area contributed by atoms with Gasteiger partial charge in [0.2, 0.25) is 0 Å². The van der Waals surface area contributed by atoms with Crippen molar-refractivity contribution in [3.63, 3.8) is 0 Å². The average Bonchev–Trinajstić information content (AvgIpc) is 3.59. The molecule has 182 valence electrons. The van der Waals surface area contributed by atoms with Gasteiger partial charge in [0.15, 0.2) is 0 Å². The molecule has 2 saturated carbocycles. The largest absolute Gasteiger partial charge is 0.307 e. The Morgan fingerprint density at radius 3 is 2.25 bits per heavy atom. The van der Waals surface area contributed by atoms with E-state index in [-0.39, 0.29) is 57.4 Å². The van der Waals surface area contributed by atoms with E-state index in [1.54, 1.807) is 36.0 Å². The molecule has 36 heavy (non-hydrogen) atoms. The number of fused-ring (bicyclic) bond motifs is 9. The molecule has 3 aromatic rings. The Hall–Kier alpha value is -2.39. The fourth-order valence-corrected chi connectivity index (χ4v) is 9.97. The third-order valence-corrected chi connectivity index (χ3v) is 11.2. The third kappa shape index (κ3) is 3.31. The Morgan fingerprint density at radius 2 is 1.56 bits per heavy atom. The van der Waals surface area contributed by atoms with Gasteiger partial charge in [-0.15, -0.1) is 11.8 Å². The van der Waals surface area contributed by atoms with Crippen LogP contribution in [0.15, 0.2) is 63.5 Å². The lowest BCUT2D eigenvalue weighted by Gasteiger charge is -2.43. The topological polar surface area (TPSA) is 82.6 Å². The molecule has 1 saturated heterocycles. The summed E-state index contributed by atoms with van der Waals surface area (Å²) in [7, 11) is 0. The predicted octanol–water partition coefficient (Wildman–Crippen LogP) is 5.25. The number of amides is 2. The Labute approximate surface area is 224 Å². The number of hydrazone groups is 1. The van der Waals surface area contributed by atoms with Crippen molar-refractivity contribution in [3.8, 4) is 0 Å². The molecule has 10 heteroatoms. The molecule has 6 nitrogen and oxygen atoms in total. The number of rotatable bonds is 3. The molecule has 3 heterocycles. The number of halogens is 2. The summed E-state index contributed by atoms with van der Waals surface area (Å²) in [6.45, 7) is 0. The van der Waals surface area contributed by atoms with Gasteiger partial charge in [-0.2, -0.15) is 10.1 Å². The van der Waals surface area contributed by atoms with Crippen LogP contribution in [0.4, 0.5) is 0 Å². The van der Waals surface area contributed by atoms with Crippen molar-refractivity contribution in [1.29, 1.82) is 0 Å². The van der Waals surface area contributed by atoms with Crippen molar-refractivity contribution in [3.05, 3.63) is 84.2 Å². The molecule has 0 unspecified atom stereocenters. The van der Waals surface area contributed by atoms with Crippen LogP contribution in [0.5, 0.6) is 0 Å². The first-order valence-electron chi connectivity index (χ1n) is 11.7. The van der Waals surface area contributed by atoms with Crippen LogP contribution in [-0.2, 0) is 9.59 Å². The third-order valence-electron chi connectivity index (χ3n) is 8.12. The number of H-pyrrole nitrogens is 1. The first kappa shape index (κ1) is 22.8. The van der Waals surface area contributed by atoms with Gasteiger partial charge in [-0.05, 0) is 59.6 Å². The highest BCUT2D eigenvalue weighted by Gasteiger charge is 2.69. The number of imide groups is 1. The maximum Gasteiger partial charge on any atom is 0.305 e. The zero-order valence-electron chi connectivity index (χ0n) is 18.6. The molecule has 7 rings (SSSR count). The van der Waals surface area contributed by atoms with Gasteiger partial charge in [-0.3, -0.25) is 14.4 Å². The maximum absolute atomic E-state index is 13.6. The molecule has 2 bridgehead atoms. The summed E-state index contributed by atoms with van der Waals surface area (Å²) >= 11 is 15.0. The van der Waals surface area contributed by atoms with Gasteiger partial charge in [-0.1, -0.05) is 58.8 Å². The van der Waals surface area contributed by atoms with Crippen LogP contribution in [0, 0.1) is 29.6 Å². The van der Waals surface area contributed by atoms with Gasteiger partial charge in [-0.25, -0.2) is 0 Å². The van der Waals surface area contributed by atoms with Crippen LogP contribution >= 0.6 is 46.3 Å². The number of nitrogens with one attached hydrogen (secondary N) is 1. The summed E-state index contributed by atoms with van der Waals surface area (Å²) in [5, 5.41) is 7.69. The van der Waals surface area contributed by atoms with Gasteiger partial charge in [0, 0.05) is 26.1 Å². The van der Waals surface area contributed by atoms with Crippen molar-refractivity contribution >= 4 is 64.3 Å². The zero-order valence-corrected chi connectivity index (χ0v) is 21.8. The molecule has 3 fully saturated rings. The summed E-state index contributed by atoms with van der Waals surface area (Å²) in [5.74, 6) is -0.917. The lowest BCUT2D eigenvalue weighted by molar-refractivity contribution is -0.140. The number of thioether (sulfide) groups is 1. The average molecular weight is 556 g/mol. The summed E-state index contributed by atoms with van der Waals surface area (Å²) in [4.78, 5) is 43.3. The monoisotopic (exact) mass is 555 g/mol. The lowest BCUT2D eigenvalue weighted by Crippen LogP contribution is -2.42. The van der Waals surface area contributed by atoms with Crippen LogP contribution in [0.3, 0.4) is 0 Å². The van der Waals surface area contributed by atoms with E-state index in [1.807, 2.05) is 24.3 Å². The van der Waals surface area contributed by atoms with E-state index in [2.05, 4.69) is 10.1 Å². The maximum atomic E-state index is 13.6. The molecule has 2 aliphatic carbocycles. The fourth-order valence-electron chi connectivity index (χ4n) is 6.83. The van der Waals surface area contributed by atoms with Gasteiger partial charge < -0.3 is 4.98 Å². The van der Waals surface area contributed by atoms with E-state index in [9.17, 15) is 14.4 Å². The van der Waals surface area contributed by atoms with E-state index in [0.717, 1.165) is 32.5 Å². The molecular formula is C26H19Cl2N3O3S2. The number of carbonyl (C=O) groups is 2. The highest BCUT2D eigenvalue weighted by Crippen LogP contribution is 2.68. The standard InChI is InChI=1S/C26H19Cl2N3O3S2/c27-13-5-1-11(2-6-13)10-29-31-24(32)19-15-9-16(20(19)25(31)33)21-18(15)17(12-3-7-14(28)8-4-12)22-23(35-21)30-26(34)36-22/h1-8,10,15-21H,9H2,(H,30,34)/b29-10-/t15-,16+,17+,18+,19+,20+,21-/m1/s1. The van der Waals surface area contributed by atoms with Crippen molar-refractivity contribution < 1.29 is 9.59 Å². The minimum Gasteiger partial charge on any atom is -0.307 e. The number of carbonyl (C=O) groups excluding carboxylic acids is 2. The van der Waals surface area contributed by atoms with Crippen molar-refractivity contribution in [2.24, 2.45) is 34.7 Å². The van der Waals surface area contributed by atoms with Gasteiger partial charge >= 0.3 is 4.87 Å². The zero-order chi connectivity index (χ0) is 24.7. The highest BCUT2D eigenvalue weighted by atomic mass is 35.5. The van der Waals surface area contributed by atoms with E-state index < -0.39 is 0 Å². The second-order valence-electron chi connectivity index (χ2n) is 9.80. The quantitative estimate of drug-likeness (QED) is 0.353. The fraction of sp³-hybridized carbons (Fsp3) is 0.308. The van der Waals surface area contributed by atoms with E-state index in [4.69, 9.17) is 23.2 Å². The van der Waals surface area contributed by atoms with Gasteiger partial charge in [0.25, 0.3) is 11.8 Å². The number of benzene rings is 2. The van der Waals surface area contributed by atoms with Crippen molar-refractivity contribution in [2.75, 3.05) is 0 Å². The predicted molar refractivity (Wildman–Crippen MR) is 141 cm³/mol. The molecule has 0 spiro atoms. The number of hydrogen-bond donors (Lipinski definition) is 1. The molecule has 2 aromatic carbocycles. The van der Waals surface area contributed by atoms with Crippen molar-refractivity contribution in [2.45, 2.75) is 22.6 Å². The minimum absolute atomic E-state index is 0.0158. The smallest absolute Gasteiger partial charge is 0.305 e. The molecule has 2 aliphatic heterocycles. The van der Waals surface area contributed by atoms with E-state index in [0.29, 0.717) is 10.0 Å².